The Hall–Kier alpha value is -2.40. The van der Waals surface area contributed by atoms with Crippen molar-refractivity contribution in [2.45, 2.75) is 20.3 Å². The molecule has 0 atom stereocenters. The fraction of sp³-hybridized carbons (Fsp3) is 0.350. The van der Waals surface area contributed by atoms with Gasteiger partial charge in [-0.1, -0.05) is 36.7 Å². The number of benzene rings is 1. The van der Waals surface area contributed by atoms with E-state index in [0.717, 1.165) is 55.6 Å². The molecule has 2 aromatic heterocycles. The Labute approximate surface area is 158 Å². The summed E-state index contributed by atoms with van der Waals surface area (Å²) < 4.78 is 0. The Kier molecular flexibility index (Phi) is 4.64. The number of hydrogen-bond donors (Lipinski definition) is 0. The summed E-state index contributed by atoms with van der Waals surface area (Å²) in [5.41, 5.74) is 2.32. The highest BCUT2D eigenvalue weighted by Crippen LogP contribution is 2.24. The summed E-state index contributed by atoms with van der Waals surface area (Å²) in [5.74, 6) is 2.77. The lowest BCUT2D eigenvalue weighted by molar-refractivity contribution is 0.640. The fourth-order valence-corrected chi connectivity index (χ4v) is 3.63. The zero-order valence-electron chi connectivity index (χ0n) is 15.1. The maximum atomic E-state index is 6.15. The number of fused-ring (bicyclic) bond motifs is 1. The van der Waals surface area contributed by atoms with Crippen LogP contribution in [0.25, 0.3) is 10.9 Å². The molecule has 1 aliphatic rings. The molecular weight excluding hydrogens is 346 g/mol. The number of piperazine rings is 1. The largest absolute Gasteiger partial charge is 0.353 e. The number of nitrogens with zero attached hydrogens (tertiary/aromatic N) is 5. The lowest BCUT2D eigenvalue weighted by Gasteiger charge is -2.36. The molecule has 0 amide bonds. The minimum atomic E-state index is 0.515. The molecule has 0 saturated carbocycles. The van der Waals surface area contributed by atoms with Crippen LogP contribution in [-0.2, 0) is 6.42 Å². The molecule has 0 bridgehead atoms. The van der Waals surface area contributed by atoms with Gasteiger partial charge in [0.2, 0.25) is 0 Å². The van der Waals surface area contributed by atoms with Gasteiger partial charge in [-0.25, -0.2) is 15.0 Å². The maximum absolute atomic E-state index is 6.15. The molecule has 0 radical (unpaired) electrons. The molecule has 3 heterocycles. The fourth-order valence-electron chi connectivity index (χ4n) is 3.43. The lowest BCUT2D eigenvalue weighted by Crippen LogP contribution is -2.47. The second-order valence-corrected chi connectivity index (χ2v) is 6.99. The summed E-state index contributed by atoms with van der Waals surface area (Å²) in [7, 11) is 0. The number of rotatable bonds is 3. The third kappa shape index (κ3) is 3.31. The van der Waals surface area contributed by atoms with Crippen LogP contribution in [0.2, 0.25) is 5.15 Å². The van der Waals surface area contributed by atoms with Crippen LogP contribution in [0.4, 0.5) is 11.6 Å². The van der Waals surface area contributed by atoms with Crippen LogP contribution in [0.5, 0.6) is 0 Å². The summed E-state index contributed by atoms with van der Waals surface area (Å²) in [6.07, 6.45) is 0.786. The van der Waals surface area contributed by atoms with E-state index in [9.17, 15) is 0 Å². The van der Waals surface area contributed by atoms with Gasteiger partial charge in [-0.3, -0.25) is 0 Å². The third-order valence-electron chi connectivity index (χ3n) is 4.88. The maximum Gasteiger partial charge on any atom is 0.134 e. The molecule has 5 nitrogen and oxygen atoms in total. The average Bonchev–Trinajstić information content (AvgIpc) is 2.67. The first-order valence-corrected chi connectivity index (χ1v) is 9.41. The predicted octanol–water partition coefficient (Wildman–Crippen LogP) is 3.88. The van der Waals surface area contributed by atoms with Crippen LogP contribution in [0.15, 0.2) is 36.4 Å². The number of aromatic nitrogens is 3. The van der Waals surface area contributed by atoms with Crippen molar-refractivity contribution in [1.82, 2.24) is 15.0 Å². The van der Waals surface area contributed by atoms with E-state index in [1.54, 1.807) is 0 Å². The Bertz CT molecular complexity index is 935. The smallest absolute Gasteiger partial charge is 0.134 e. The number of anilines is 2. The average molecular weight is 368 g/mol. The van der Waals surface area contributed by atoms with Crippen LogP contribution in [0.3, 0.4) is 0 Å². The molecule has 1 aliphatic heterocycles. The molecular formula is C20H22ClN5. The second-order valence-electron chi connectivity index (χ2n) is 6.61. The molecule has 1 aromatic carbocycles. The molecule has 6 heteroatoms. The first kappa shape index (κ1) is 17.0. The number of pyridine rings is 1. The van der Waals surface area contributed by atoms with Gasteiger partial charge in [-0.2, -0.15) is 0 Å². The predicted molar refractivity (Wildman–Crippen MR) is 107 cm³/mol. The van der Waals surface area contributed by atoms with Gasteiger partial charge in [-0.15, -0.1) is 0 Å². The molecule has 0 aliphatic carbocycles. The van der Waals surface area contributed by atoms with Crippen LogP contribution in [0, 0.1) is 6.92 Å². The number of aryl methyl sites for hydroxylation is 2. The van der Waals surface area contributed by atoms with E-state index in [-0.39, 0.29) is 0 Å². The third-order valence-corrected chi connectivity index (χ3v) is 5.07. The van der Waals surface area contributed by atoms with Crippen molar-refractivity contribution in [2.24, 2.45) is 0 Å². The van der Waals surface area contributed by atoms with Gasteiger partial charge in [0.25, 0.3) is 0 Å². The van der Waals surface area contributed by atoms with Crippen molar-refractivity contribution in [3.63, 3.8) is 0 Å². The first-order valence-electron chi connectivity index (χ1n) is 9.04. The van der Waals surface area contributed by atoms with E-state index in [1.165, 1.54) is 10.9 Å². The van der Waals surface area contributed by atoms with Crippen molar-refractivity contribution < 1.29 is 0 Å². The van der Waals surface area contributed by atoms with E-state index in [2.05, 4.69) is 51.0 Å². The van der Waals surface area contributed by atoms with E-state index >= 15 is 0 Å². The highest BCUT2D eigenvalue weighted by Gasteiger charge is 2.20. The monoisotopic (exact) mass is 367 g/mol. The Morgan fingerprint density at radius 1 is 0.923 bits per heavy atom. The highest BCUT2D eigenvalue weighted by molar-refractivity contribution is 6.29. The Balaban J connectivity index is 1.53. The molecule has 1 fully saturated rings. The number of halogens is 1. The summed E-state index contributed by atoms with van der Waals surface area (Å²) in [5, 5.41) is 1.73. The van der Waals surface area contributed by atoms with Crippen molar-refractivity contribution >= 4 is 34.1 Å². The summed E-state index contributed by atoms with van der Waals surface area (Å²) in [4.78, 5) is 18.4. The van der Waals surface area contributed by atoms with Crippen LogP contribution >= 0.6 is 11.6 Å². The first-order chi connectivity index (χ1) is 12.6. The van der Waals surface area contributed by atoms with E-state index in [1.807, 2.05) is 19.1 Å². The molecule has 3 aromatic rings. The molecule has 0 unspecified atom stereocenters. The van der Waals surface area contributed by atoms with Gasteiger partial charge >= 0.3 is 0 Å². The SMILES string of the molecule is CCc1nc(Cl)cc(N2CCN(c3cc(C)c4ccccc4n3)CC2)n1. The van der Waals surface area contributed by atoms with Crippen molar-refractivity contribution in [3.8, 4) is 0 Å². The van der Waals surface area contributed by atoms with Crippen molar-refractivity contribution in [2.75, 3.05) is 36.0 Å². The number of hydrogen-bond acceptors (Lipinski definition) is 5. The van der Waals surface area contributed by atoms with Crippen LogP contribution < -0.4 is 9.80 Å². The summed E-state index contributed by atoms with van der Waals surface area (Å²) >= 11 is 6.15. The molecule has 26 heavy (non-hydrogen) atoms. The van der Waals surface area contributed by atoms with Gasteiger partial charge in [0.15, 0.2) is 0 Å². The van der Waals surface area contributed by atoms with Crippen molar-refractivity contribution in [1.29, 1.82) is 0 Å². The molecule has 0 spiro atoms. The standard InChI is InChI=1S/C20H22ClN5/c1-3-18-23-17(21)13-20(24-18)26-10-8-25(9-11-26)19-12-14(2)15-6-4-5-7-16(15)22-19/h4-7,12-13H,3,8-11H2,1-2H3. The van der Waals surface area contributed by atoms with Crippen molar-refractivity contribution in [3.05, 3.63) is 52.9 Å². The molecule has 4 rings (SSSR count). The highest BCUT2D eigenvalue weighted by atomic mass is 35.5. The Morgan fingerprint density at radius 2 is 1.58 bits per heavy atom. The molecule has 1 saturated heterocycles. The second kappa shape index (κ2) is 7.08. The minimum Gasteiger partial charge on any atom is -0.353 e. The lowest BCUT2D eigenvalue weighted by atomic mass is 10.1. The molecule has 0 N–H and O–H groups in total. The van der Waals surface area contributed by atoms with E-state index < -0.39 is 0 Å². The van der Waals surface area contributed by atoms with Gasteiger partial charge < -0.3 is 9.80 Å². The minimum absolute atomic E-state index is 0.515. The zero-order chi connectivity index (χ0) is 18.1. The van der Waals surface area contributed by atoms with Gasteiger partial charge in [0, 0.05) is 44.1 Å². The summed E-state index contributed by atoms with van der Waals surface area (Å²) in [6.45, 7) is 7.80. The quantitative estimate of drug-likeness (QED) is 0.657. The zero-order valence-corrected chi connectivity index (χ0v) is 15.9. The number of para-hydroxylation sites is 1. The van der Waals surface area contributed by atoms with E-state index in [4.69, 9.17) is 16.6 Å². The normalized spacial score (nSPS) is 14.9. The van der Waals surface area contributed by atoms with Gasteiger partial charge in [-0.05, 0) is 24.6 Å². The van der Waals surface area contributed by atoms with Gasteiger partial charge in [0.1, 0.15) is 22.6 Å². The summed E-state index contributed by atoms with van der Waals surface area (Å²) in [6, 6.07) is 12.4. The Morgan fingerprint density at radius 3 is 2.27 bits per heavy atom. The topological polar surface area (TPSA) is 45.2 Å². The van der Waals surface area contributed by atoms with Crippen LogP contribution in [0.1, 0.15) is 18.3 Å². The van der Waals surface area contributed by atoms with Crippen LogP contribution in [-0.4, -0.2) is 41.1 Å². The van der Waals surface area contributed by atoms with E-state index in [0.29, 0.717) is 5.15 Å². The molecule has 134 valence electrons. The van der Waals surface area contributed by atoms with Gasteiger partial charge in [0.05, 0.1) is 5.52 Å².